The fourth-order valence-electron chi connectivity index (χ4n) is 1.52. The molecule has 0 aliphatic rings. The third-order valence-electron chi connectivity index (χ3n) is 2.44. The monoisotopic (exact) mass is 260 g/mol. The summed E-state index contributed by atoms with van der Waals surface area (Å²) in [5.74, 6) is -0.527. The molecule has 2 N–H and O–H groups in total. The Labute approximate surface area is 109 Å². The van der Waals surface area contributed by atoms with Gasteiger partial charge in [-0.05, 0) is 18.9 Å². The summed E-state index contributed by atoms with van der Waals surface area (Å²) >= 11 is 1.35. The van der Waals surface area contributed by atoms with Crippen molar-refractivity contribution in [1.29, 1.82) is 0 Å². The van der Waals surface area contributed by atoms with Gasteiger partial charge in [0.05, 0.1) is 11.4 Å². The minimum atomic E-state index is -0.527. The molecule has 0 radical (unpaired) electrons. The molecule has 92 valence electrons. The molecule has 0 aliphatic heterocycles. The zero-order valence-electron chi connectivity index (χ0n) is 9.83. The molecule has 0 aliphatic carbocycles. The summed E-state index contributed by atoms with van der Waals surface area (Å²) in [4.78, 5) is 21.0. The lowest BCUT2D eigenvalue weighted by Crippen LogP contribution is -2.13. The van der Waals surface area contributed by atoms with Crippen molar-refractivity contribution in [3.63, 3.8) is 0 Å². The first-order chi connectivity index (χ1) is 8.63. The van der Waals surface area contributed by atoms with Crippen molar-refractivity contribution in [3.05, 3.63) is 35.3 Å². The molecule has 1 aromatic carbocycles. The Bertz CT molecular complexity index is 593. The summed E-state index contributed by atoms with van der Waals surface area (Å²) in [5, 5.41) is 2.32. The third kappa shape index (κ3) is 2.23. The van der Waals surface area contributed by atoms with E-state index in [1.54, 1.807) is 5.38 Å². The van der Waals surface area contributed by atoms with Crippen molar-refractivity contribution in [1.82, 2.24) is 4.98 Å². The Balaban J connectivity index is 2.37. The first-order valence-corrected chi connectivity index (χ1v) is 6.06. The molecule has 1 amide bonds. The van der Waals surface area contributed by atoms with Crippen LogP contribution in [-0.4, -0.2) is 24.7 Å². The second kappa shape index (κ2) is 4.97. The number of thiazole rings is 1. The minimum Gasteiger partial charge on any atom is -0.364 e. The van der Waals surface area contributed by atoms with Crippen LogP contribution in [0.2, 0.25) is 0 Å². The van der Waals surface area contributed by atoms with Gasteiger partial charge >= 0.3 is 0 Å². The molecule has 6 heteroatoms. The largest absolute Gasteiger partial charge is 0.364 e. The lowest BCUT2D eigenvalue weighted by molar-refractivity contribution is 0.0996. The maximum absolute atomic E-state index is 11.0. The quantitative estimate of drug-likeness (QED) is 0.858. The van der Waals surface area contributed by atoms with Crippen LogP contribution in [0.25, 0.3) is 0 Å². The molecule has 0 saturated carbocycles. The van der Waals surface area contributed by atoms with E-state index in [2.05, 4.69) is 16.7 Å². The van der Waals surface area contributed by atoms with Crippen LogP contribution >= 0.6 is 11.3 Å². The predicted octanol–water partition coefficient (Wildman–Crippen LogP) is 2.34. The SMILES string of the molecule is C=Nc1ccccc1N(C)c1nc(C(N)=O)cs1. The van der Waals surface area contributed by atoms with Crippen LogP contribution in [-0.2, 0) is 0 Å². The number of nitrogens with two attached hydrogens (primary N) is 1. The summed E-state index contributed by atoms with van der Waals surface area (Å²) in [6.45, 7) is 3.53. The summed E-state index contributed by atoms with van der Waals surface area (Å²) in [7, 11) is 1.85. The van der Waals surface area contributed by atoms with Gasteiger partial charge in [-0.3, -0.25) is 9.79 Å². The smallest absolute Gasteiger partial charge is 0.268 e. The first-order valence-electron chi connectivity index (χ1n) is 5.18. The molecule has 2 aromatic rings. The highest BCUT2D eigenvalue weighted by Crippen LogP contribution is 2.33. The fraction of sp³-hybridized carbons (Fsp3) is 0.0833. The number of para-hydroxylation sites is 2. The molecule has 0 atom stereocenters. The van der Waals surface area contributed by atoms with Gasteiger partial charge in [0.15, 0.2) is 5.13 Å². The number of aliphatic imine (C=N–C) groups is 1. The Morgan fingerprint density at radius 1 is 1.50 bits per heavy atom. The molecule has 18 heavy (non-hydrogen) atoms. The number of hydrogen-bond donors (Lipinski definition) is 1. The van der Waals surface area contributed by atoms with E-state index in [-0.39, 0.29) is 5.69 Å². The van der Waals surface area contributed by atoms with Gasteiger partial charge in [0.25, 0.3) is 5.91 Å². The number of anilines is 2. The maximum Gasteiger partial charge on any atom is 0.268 e. The van der Waals surface area contributed by atoms with Crippen molar-refractivity contribution in [3.8, 4) is 0 Å². The van der Waals surface area contributed by atoms with E-state index in [0.717, 1.165) is 11.4 Å². The first kappa shape index (κ1) is 12.3. The number of benzene rings is 1. The van der Waals surface area contributed by atoms with E-state index in [1.165, 1.54) is 11.3 Å². The van der Waals surface area contributed by atoms with Gasteiger partial charge in [0, 0.05) is 12.4 Å². The van der Waals surface area contributed by atoms with Crippen molar-refractivity contribution in [2.75, 3.05) is 11.9 Å². The van der Waals surface area contributed by atoms with E-state index in [0.29, 0.717) is 5.13 Å². The van der Waals surface area contributed by atoms with Crippen LogP contribution < -0.4 is 10.6 Å². The normalized spacial score (nSPS) is 10.1. The van der Waals surface area contributed by atoms with Gasteiger partial charge in [-0.2, -0.15) is 0 Å². The molecule has 0 spiro atoms. The number of amides is 1. The van der Waals surface area contributed by atoms with Gasteiger partial charge < -0.3 is 10.6 Å². The molecule has 1 aromatic heterocycles. The topological polar surface area (TPSA) is 71.6 Å². The molecule has 0 saturated heterocycles. The molecular weight excluding hydrogens is 248 g/mol. The number of primary amides is 1. The second-order valence-electron chi connectivity index (χ2n) is 3.59. The van der Waals surface area contributed by atoms with Crippen LogP contribution in [0, 0.1) is 0 Å². The Morgan fingerprint density at radius 3 is 2.83 bits per heavy atom. The molecule has 1 heterocycles. The predicted molar refractivity (Wildman–Crippen MR) is 74.3 cm³/mol. The highest BCUT2D eigenvalue weighted by Gasteiger charge is 2.13. The van der Waals surface area contributed by atoms with E-state index >= 15 is 0 Å². The van der Waals surface area contributed by atoms with Crippen LogP contribution in [0.4, 0.5) is 16.5 Å². The average molecular weight is 260 g/mol. The summed E-state index contributed by atoms with van der Waals surface area (Å²) in [5.41, 5.74) is 7.08. The molecule has 5 nitrogen and oxygen atoms in total. The van der Waals surface area contributed by atoms with Crippen LogP contribution in [0.3, 0.4) is 0 Å². The van der Waals surface area contributed by atoms with Crippen LogP contribution in [0.5, 0.6) is 0 Å². The zero-order chi connectivity index (χ0) is 13.1. The number of carbonyl (C=O) groups excluding carboxylic acids is 1. The van der Waals surface area contributed by atoms with E-state index < -0.39 is 5.91 Å². The summed E-state index contributed by atoms with van der Waals surface area (Å²) in [6.07, 6.45) is 0. The number of carbonyl (C=O) groups is 1. The number of nitrogens with zero attached hydrogens (tertiary/aromatic N) is 3. The van der Waals surface area contributed by atoms with E-state index in [9.17, 15) is 4.79 Å². The van der Waals surface area contributed by atoms with E-state index in [4.69, 9.17) is 5.73 Å². The summed E-state index contributed by atoms with van der Waals surface area (Å²) in [6, 6.07) is 7.57. The Morgan fingerprint density at radius 2 is 2.22 bits per heavy atom. The Kier molecular flexibility index (Phi) is 3.38. The van der Waals surface area contributed by atoms with Crippen molar-refractivity contribution in [2.45, 2.75) is 0 Å². The number of aromatic nitrogens is 1. The number of rotatable bonds is 4. The lowest BCUT2D eigenvalue weighted by Gasteiger charge is -2.17. The fourth-order valence-corrected chi connectivity index (χ4v) is 2.31. The van der Waals surface area contributed by atoms with Crippen molar-refractivity contribution < 1.29 is 4.79 Å². The van der Waals surface area contributed by atoms with Crippen molar-refractivity contribution in [2.24, 2.45) is 10.7 Å². The van der Waals surface area contributed by atoms with Crippen molar-refractivity contribution >= 4 is 40.5 Å². The standard InChI is InChI=1S/C12H12N4OS/c1-14-8-5-3-4-6-10(8)16(2)12-15-9(7-18-12)11(13)17/h3-7H,1H2,2H3,(H2,13,17). The highest BCUT2D eigenvalue weighted by molar-refractivity contribution is 7.14. The second-order valence-corrected chi connectivity index (χ2v) is 4.42. The maximum atomic E-state index is 11.0. The average Bonchev–Trinajstić information content (AvgIpc) is 2.87. The Hall–Kier alpha value is -2.21. The van der Waals surface area contributed by atoms with Crippen LogP contribution in [0.1, 0.15) is 10.5 Å². The molecule has 0 fully saturated rings. The van der Waals surface area contributed by atoms with Gasteiger partial charge in [0.1, 0.15) is 5.69 Å². The van der Waals surface area contributed by atoms with Gasteiger partial charge in [0.2, 0.25) is 0 Å². The molecule has 0 unspecified atom stereocenters. The minimum absolute atomic E-state index is 0.269. The number of hydrogen-bond acceptors (Lipinski definition) is 5. The summed E-state index contributed by atoms with van der Waals surface area (Å²) < 4.78 is 0. The van der Waals surface area contributed by atoms with E-state index in [1.807, 2.05) is 36.2 Å². The zero-order valence-corrected chi connectivity index (χ0v) is 10.6. The molecule has 2 rings (SSSR count). The van der Waals surface area contributed by atoms with Gasteiger partial charge in [-0.25, -0.2) is 4.98 Å². The highest BCUT2D eigenvalue weighted by atomic mass is 32.1. The van der Waals surface area contributed by atoms with Gasteiger partial charge in [-0.1, -0.05) is 12.1 Å². The molecule has 0 bridgehead atoms. The third-order valence-corrected chi connectivity index (χ3v) is 3.36. The lowest BCUT2D eigenvalue weighted by atomic mass is 10.2. The van der Waals surface area contributed by atoms with Crippen LogP contribution in [0.15, 0.2) is 34.6 Å². The molecular formula is C12H12N4OS. The van der Waals surface area contributed by atoms with Gasteiger partial charge in [-0.15, -0.1) is 11.3 Å².